The molecule has 1 unspecified atom stereocenters. The predicted molar refractivity (Wildman–Crippen MR) is 123 cm³/mol. The van der Waals surface area contributed by atoms with Gasteiger partial charge in [-0.05, 0) is 51.9 Å². The highest BCUT2D eigenvalue weighted by molar-refractivity contribution is 5.93. The minimum Gasteiger partial charge on any atom is -0.367 e. The van der Waals surface area contributed by atoms with Crippen molar-refractivity contribution < 1.29 is 9.59 Å². The summed E-state index contributed by atoms with van der Waals surface area (Å²) in [4.78, 5) is 63.5. The molecule has 176 valence electrons. The van der Waals surface area contributed by atoms with Gasteiger partial charge in [0, 0.05) is 61.8 Å². The molecule has 0 bridgehead atoms. The number of likely N-dealkylation sites (tertiary alicyclic amines) is 2. The number of pyridine rings is 1. The fourth-order valence-electron chi connectivity index (χ4n) is 5.37. The first-order valence-electron chi connectivity index (χ1n) is 11.5. The van der Waals surface area contributed by atoms with Crippen molar-refractivity contribution in [3.8, 4) is 0 Å². The lowest BCUT2D eigenvalue weighted by molar-refractivity contribution is -0.132. The molecule has 4 rings (SSSR count). The molecule has 2 aromatic rings. The molecule has 0 radical (unpaired) electrons. The molecule has 33 heavy (non-hydrogen) atoms. The molecule has 2 aromatic heterocycles. The highest BCUT2D eigenvalue weighted by atomic mass is 16.2. The minimum absolute atomic E-state index is 0.00618. The number of aromatic amines is 2. The first-order chi connectivity index (χ1) is 15.7. The van der Waals surface area contributed by atoms with Crippen molar-refractivity contribution in [3.63, 3.8) is 0 Å². The second-order valence-corrected chi connectivity index (χ2v) is 9.50. The molecule has 0 aromatic carbocycles. The largest absolute Gasteiger partial charge is 0.367 e. The van der Waals surface area contributed by atoms with E-state index in [1.807, 2.05) is 4.90 Å². The third-order valence-electron chi connectivity index (χ3n) is 7.18. The summed E-state index contributed by atoms with van der Waals surface area (Å²) in [6.45, 7) is 7.43. The van der Waals surface area contributed by atoms with Gasteiger partial charge in [-0.3, -0.25) is 19.2 Å². The second kappa shape index (κ2) is 8.96. The number of carbonyl (C=O) groups is 2. The summed E-state index contributed by atoms with van der Waals surface area (Å²) in [5.74, 6) is 0.385. The van der Waals surface area contributed by atoms with Crippen LogP contribution < -0.4 is 11.0 Å². The first-order valence-corrected chi connectivity index (χ1v) is 11.5. The SMILES string of the molecule is Cc1nc(C)c(CCC(=O)N2CC3(CCN(C(=O)c4c[nH]ccc4=O)CC3)CC2C)c(=O)[nH]1. The van der Waals surface area contributed by atoms with E-state index in [4.69, 9.17) is 0 Å². The second-order valence-electron chi connectivity index (χ2n) is 9.50. The Kier molecular flexibility index (Phi) is 6.23. The number of aryl methyl sites for hydroxylation is 2. The molecule has 2 fully saturated rings. The predicted octanol–water partition coefficient (Wildman–Crippen LogP) is 1.55. The quantitative estimate of drug-likeness (QED) is 0.728. The van der Waals surface area contributed by atoms with Crippen LogP contribution in [0.3, 0.4) is 0 Å². The molecule has 2 N–H and O–H groups in total. The summed E-state index contributed by atoms with van der Waals surface area (Å²) in [6, 6.07) is 1.48. The number of H-pyrrole nitrogens is 2. The lowest BCUT2D eigenvalue weighted by Crippen LogP contribution is -2.45. The molecule has 2 amide bonds. The van der Waals surface area contributed by atoms with Crippen molar-refractivity contribution >= 4 is 11.8 Å². The van der Waals surface area contributed by atoms with E-state index in [0.717, 1.165) is 19.3 Å². The van der Waals surface area contributed by atoms with Gasteiger partial charge in [-0.25, -0.2) is 4.98 Å². The zero-order valence-electron chi connectivity index (χ0n) is 19.4. The number of hydrogen-bond donors (Lipinski definition) is 2. The summed E-state index contributed by atoms with van der Waals surface area (Å²) in [7, 11) is 0. The van der Waals surface area contributed by atoms with Crippen molar-refractivity contribution in [1.29, 1.82) is 0 Å². The van der Waals surface area contributed by atoms with Gasteiger partial charge in [0.25, 0.3) is 11.5 Å². The van der Waals surface area contributed by atoms with Crippen molar-refractivity contribution in [2.75, 3.05) is 19.6 Å². The van der Waals surface area contributed by atoms with Crippen LogP contribution in [-0.4, -0.2) is 62.2 Å². The maximum absolute atomic E-state index is 13.0. The van der Waals surface area contributed by atoms with Crippen LogP contribution in [0.1, 0.15) is 60.0 Å². The van der Waals surface area contributed by atoms with Crippen LogP contribution in [0.2, 0.25) is 0 Å². The molecule has 4 heterocycles. The van der Waals surface area contributed by atoms with Gasteiger partial charge in [0.15, 0.2) is 5.43 Å². The van der Waals surface area contributed by atoms with E-state index >= 15 is 0 Å². The third-order valence-corrected chi connectivity index (χ3v) is 7.18. The van der Waals surface area contributed by atoms with Crippen LogP contribution in [-0.2, 0) is 11.2 Å². The summed E-state index contributed by atoms with van der Waals surface area (Å²) < 4.78 is 0. The highest BCUT2D eigenvalue weighted by Crippen LogP contribution is 2.43. The lowest BCUT2D eigenvalue weighted by atomic mass is 9.76. The van der Waals surface area contributed by atoms with E-state index in [-0.39, 0.29) is 46.2 Å². The van der Waals surface area contributed by atoms with E-state index in [2.05, 4.69) is 21.9 Å². The number of piperidine rings is 1. The number of nitrogens with one attached hydrogen (secondary N) is 2. The van der Waals surface area contributed by atoms with Crippen molar-refractivity contribution in [3.05, 3.63) is 61.7 Å². The van der Waals surface area contributed by atoms with E-state index in [1.54, 1.807) is 18.7 Å². The number of carbonyl (C=O) groups excluding carboxylic acids is 2. The Balaban J connectivity index is 1.36. The number of rotatable bonds is 4. The van der Waals surface area contributed by atoms with E-state index < -0.39 is 0 Å². The van der Waals surface area contributed by atoms with Crippen molar-refractivity contribution in [1.82, 2.24) is 24.8 Å². The monoisotopic (exact) mass is 453 g/mol. The molecule has 0 aliphatic carbocycles. The summed E-state index contributed by atoms with van der Waals surface area (Å²) in [6.07, 6.45) is 6.13. The average molecular weight is 454 g/mol. The first kappa shape index (κ1) is 22.9. The molecule has 2 saturated heterocycles. The molecular weight excluding hydrogens is 422 g/mol. The van der Waals surface area contributed by atoms with Gasteiger partial charge < -0.3 is 19.8 Å². The molecule has 0 saturated carbocycles. The summed E-state index contributed by atoms with van der Waals surface area (Å²) in [5.41, 5.74) is 0.952. The molecule has 1 atom stereocenters. The van der Waals surface area contributed by atoms with Gasteiger partial charge in [-0.1, -0.05) is 0 Å². The Labute approximate surface area is 192 Å². The van der Waals surface area contributed by atoms with Crippen molar-refractivity contribution in [2.45, 2.75) is 58.9 Å². The van der Waals surface area contributed by atoms with Gasteiger partial charge >= 0.3 is 0 Å². The van der Waals surface area contributed by atoms with Crippen molar-refractivity contribution in [2.24, 2.45) is 5.41 Å². The number of nitrogens with zero attached hydrogens (tertiary/aromatic N) is 3. The summed E-state index contributed by atoms with van der Waals surface area (Å²) in [5, 5.41) is 0. The van der Waals surface area contributed by atoms with Gasteiger partial charge in [-0.2, -0.15) is 0 Å². The van der Waals surface area contributed by atoms with Gasteiger partial charge in [0.2, 0.25) is 5.91 Å². The third kappa shape index (κ3) is 4.62. The Morgan fingerprint density at radius 1 is 1.21 bits per heavy atom. The number of aromatic nitrogens is 3. The normalized spacial score (nSPS) is 19.8. The Bertz CT molecular complexity index is 1180. The van der Waals surface area contributed by atoms with Crippen LogP contribution in [0.15, 0.2) is 28.0 Å². The van der Waals surface area contributed by atoms with Gasteiger partial charge in [0.1, 0.15) is 11.4 Å². The molecule has 1 spiro atoms. The van der Waals surface area contributed by atoms with E-state index in [1.165, 1.54) is 18.5 Å². The van der Waals surface area contributed by atoms with Gasteiger partial charge in [0.05, 0.1) is 0 Å². The standard InChI is InChI=1S/C24H31N5O4/c1-15-12-24(7-10-28(11-8-24)23(33)19-13-25-9-6-20(19)30)14-29(15)21(31)5-4-18-16(2)26-17(3)27-22(18)32/h6,9,13,15H,4-5,7-8,10-12,14H2,1-3H3,(H,25,30)(H,26,27,32). The fraction of sp³-hybridized carbons (Fsp3) is 0.542. The number of hydrogen-bond acceptors (Lipinski definition) is 5. The molecule has 9 heteroatoms. The molecular formula is C24H31N5O4. The van der Waals surface area contributed by atoms with E-state index in [9.17, 15) is 19.2 Å². The van der Waals surface area contributed by atoms with Crippen LogP contribution in [0, 0.1) is 19.3 Å². The van der Waals surface area contributed by atoms with Crippen LogP contribution in [0.4, 0.5) is 0 Å². The van der Waals surface area contributed by atoms with Gasteiger partial charge in [-0.15, -0.1) is 0 Å². The Hall–Kier alpha value is -3.23. The van der Waals surface area contributed by atoms with Crippen LogP contribution in [0.5, 0.6) is 0 Å². The fourth-order valence-corrected chi connectivity index (χ4v) is 5.37. The van der Waals surface area contributed by atoms with E-state index in [0.29, 0.717) is 43.1 Å². The Morgan fingerprint density at radius 2 is 1.94 bits per heavy atom. The zero-order valence-corrected chi connectivity index (χ0v) is 19.4. The smallest absolute Gasteiger partial charge is 0.259 e. The number of amides is 2. The lowest BCUT2D eigenvalue weighted by Gasteiger charge is -2.39. The summed E-state index contributed by atoms with van der Waals surface area (Å²) >= 11 is 0. The molecule has 9 nitrogen and oxygen atoms in total. The molecule has 2 aliphatic rings. The van der Waals surface area contributed by atoms with Crippen LogP contribution >= 0.6 is 0 Å². The minimum atomic E-state index is -0.275. The maximum Gasteiger partial charge on any atom is 0.259 e. The molecule has 2 aliphatic heterocycles. The van der Waals surface area contributed by atoms with Crippen LogP contribution in [0.25, 0.3) is 0 Å². The maximum atomic E-state index is 13.0. The zero-order chi connectivity index (χ0) is 23.8. The average Bonchev–Trinajstić information content (AvgIpc) is 3.09. The Morgan fingerprint density at radius 3 is 2.61 bits per heavy atom. The highest BCUT2D eigenvalue weighted by Gasteiger charge is 2.46. The topological polar surface area (TPSA) is 119 Å².